The maximum absolute atomic E-state index is 5.40. The molecule has 4 aromatic rings. The van der Waals surface area contributed by atoms with Crippen molar-refractivity contribution < 1.29 is 4.74 Å². The molecule has 1 aliphatic heterocycles. The van der Waals surface area contributed by atoms with Crippen LogP contribution in [0.5, 0.6) is 0 Å². The Kier molecular flexibility index (Phi) is 4.11. The Morgan fingerprint density at radius 1 is 1.04 bits per heavy atom. The second-order valence-corrected chi connectivity index (χ2v) is 6.55. The summed E-state index contributed by atoms with van der Waals surface area (Å²) in [6.45, 7) is 4.45. The van der Waals surface area contributed by atoms with Gasteiger partial charge >= 0.3 is 0 Å². The maximum Gasteiger partial charge on any atom is 0.157 e. The number of hydrogen-bond donors (Lipinski definition) is 1. The molecular weight excluding hydrogens is 342 g/mol. The molecule has 0 aromatic carbocycles. The Morgan fingerprint density at radius 2 is 1.96 bits per heavy atom. The van der Waals surface area contributed by atoms with E-state index in [1.165, 1.54) is 5.56 Å². The van der Waals surface area contributed by atoms with Crippen molar-refractivity contribution in [3.8, 4) is 16.9 Å². The topological polar surface area (TPSA) is 84.8 Å². The Hall–Kier alpha value is -3.10. The van der Waals surface area contributed by atoms with Gasteiger partial charge < -0.3 is 9.72 Å². The SMILES string of the molecule is c1cc(-c2cnn(-c3ccc(CN4CCOCC4)cn3)c2)c2nc[nH]c2n1. The fourth-order valence-corrected chi connectivity index (χ4v) is 3.33. The zero-order valence-electron chi connectivity index (χ0n) is 14.7. The molecule has 0 spiro atoms. The first-order valence-electron chi connectivity index (χ1n) is 8.95. The molecule has 0 aliphatic carbocycles. The van der Waals surface area contributed by atoms with Crippen LogP contribution in [0.25, 0.3) is 28.1 Å². The third kappa shape index (κ3) is 3.20. The number of hydrogen-bond acceptors (Lipinski definition) is 6. The molecule has 0 amide bonds. The molecule has 0 radical (unpaired) electrons. The van der Waals surface area contributed by atoms with Gasteiger partial charge in [0.05, 0.1) is 25.7 Å². The number of pyridine rings is 2. The van der Waals surface area contributed by atoms with Crippen molar-refractivity contribution in [2.75, 3.05) is 26.3 Å². The summed E-state index contributed by atoms with van der Waals surface area (Å²) in [5.41, 5.74) is 4.78. The van der Waals surface area contributed by atoms with Gasteiger partial charge in [-0.1, -0.05) is 6.07 Å². The third-order valence-corrected chi connectivity index (χ3v) is 4.77. The van der Waals surface area contributed by atoms with Crippen LogP contribution in [0.2, 0.25) is 0 Å². The van der Waals surface area contributed by atoms with Gasteiger partial charge in [0, 0.05) is 49.4 Å². The molecule has 5 heterocycles. The lowest BCUT2D eigenvalue weighted by Crippen LogP contribution is -2.35. The summed E-state index contributed by atoms with van der Waals surface area (Å²) in [6, 6.07) is 6.06. The monoisotopic (exact) mass is 361 g/mol. The van der Waals surface area contributed by atoms with Crippen molar-refractivity contribution in [2.24, 2.45) is 0 Å². The first-order valence-corrected chi connectivity index (χ1v) is 8.95. The van der Waals surface area contributed by atoms with E-state index < -0.39 is 0 Å². The second-order valence-electron chi connectivity index (χ2n) is 6.55. The van der Waals surface area contributed by atoms with E-state index in [-0.39, 0.29) is 0 Å². The smallest absolute Gasteiger partial charge is 0.157 e. The molecule has 0 atom stereocenters. The van der Waals surface area contributed by atoms with E-state index in [1.807, 2.05) is 30.7 Å². The van der Waals surface area contributed by atoms with Gasteiger partial charge in [-0.2, -0.15) is 5.10 Å². The molecule has 1 saturated heterocycles. The Morgan fingerprint density at radius 3 is 2.81 bits per heavy atom. The van der Waals surface area contributed by atoms with E-state index in [2.05, 4.69) is 36.0 Å². The highest BCUT2D eigenvalue weighted by molar-refractivity contribution is 5.88. The number of morpholine rings is 1. The normalized spacial score (nSPS) is 15.4. The first-order chi connectivity index (χ1) is 13.4. The minimum Gasteiger partial charge on any atom is -0.379 e. The summed E-state index contributed by atoms with van der Waals surface area (Å²) in [7, 11) is 0. The molecule has 0 saturated carbocycles. The zero-order valence-corrected chi connectivity index (χ0v) is 14.7. The van der Waals surface area contributed by atoms with Crippen molar-refractivity contribution in [3.63, 3.8) is 0 Å². The Bertz CT molecular complexity index is 1050. The Labute approximate surface area is 155 Å². The van der Waals surface area contributed by atoms with E-state index in [0.29, 0.717) is 0 Å². The van der Waals surface area contributed by atoms with Crippen molar-refractivity contribution >= 4 is 11.2 Å². The van der Waals surface area contributed by atoms with Crippen LogP contribution in [-0.4, -0.2) is 60.9 Å². The number of fused-ring (bicyclic) bond motifs is 1. The molecule has 27 heavy (non-hydrogen) atoms. The third-order valence-electron chi connectivity index (χ3n) is 4.77. The molecule has 0 bridgehead atoms. The van der Waals surface area contributed by atoms with Crippen LogP contribution < -0.4 is 0 Å². The highest BCUT2D eigenvalue weighted by Crippen LogP contribution is 2.25. The lowest BCUT2D eigenvalue weighted by Gasteiger charge is -2.26. The van der Waals surface area contributed by atoms with Crippen LogP contribution in [0.15, 0.2) is 49.3 Å². The number of H-pyrrole nitrogens is 1. The van der Waals surface area contributed by atoms with Crippen molar-refractivity contribution in [1.82, 2.24) is 34.6 Å². The summed E-state index contributed by atoms with van der Waals surface area (Å²) >= 11 is 0. The quantitative estimate of drug-likeness (QED) is 0.599. The standard InChI is InChI=1S/C19H19N7O/c1-2-17(21-9-14(1)11-25-5-7-27-8-6-25)26-12-15(10-24-26)16-3-4-20-19-18(16)22-13-23-19/h1-4,9-10,12-13H,5-8,11H2,(H,20,22,23). The highest BCUT2D eigenvalue weighted by atomic mass is 16.5. The van der Waals surface area contributed by atoms with E-state index >= 15 is 0 Å². The number of rotatable bonds is 4. The van der Waals surface area contributed by atoms with Crippen LogP contribution in [-0.2, 0) is 11.3 Å². The van der Waals surface area contributed by atoms with Gasteiger partial charge in [0.1, 0.15) is 5.52 Å². The molecule has 1 aliphatic rings. The Balaban J connectivity index is 1.37. The summed E-state index contributed by atoms with van der Waals surface area (Å²) in [4.78, 5) is 18.6. The van der Waals surface area contributed by atoms with Crippen LogP contribution in [0.3, 0.4) is 0 Å². The van der Waals surface area contributed by atoms with Crippen LogP contribution in [0.4, 0.5) is 0 Å². The van der Waals surface area contributed by atoms with Crippen molar-refractivity contribution in [2.45, 2.75) is 6.54 Å². The first kappa shape index (κ1) is 16.1. The number of aromatic amines is 1. The van der Waals surface area contributed by atoms with E-state index in [0.717, 1.165) is 61.0 Å². The number of nitrogens with one attached hydrogen (secondary N) is 1. The van der Waals surface area contributed by atoms with Crippen molar-refractivity contribution in [3.05, 3.63) is 54.9 Å². The molecule has 0 unspecified atom stereocenters. The molecule has 5 rings (SSSR count). The van der Waals surface area contributed by atoms with E-state index in [4.69, 9.17) is 4.74 Å². The summed E-state index contributed by atoms with van der Waals surface area (Å²) in [6.07, 6.45) is 9.14. The molecule has 8 heteroatoms. The van der Waals surface area contributed by atoms with Crippen LogP contribution in [0, 0.1) is 0 Å². The van der Waals surface area contributed by atoms with Gasteiger partial charge in [0.25, 0.3) is 0 Å². The minimum absolute atomic E-state index is 0.769. The average molecular weight is 361 g/mol. The summed E-state index contributed by atoms with van der Waals surface area (Å²) in [5.74, 6) is 0.791. The van der Waals surface area contributed by atoms with Crippen molar-refractivity contribution in [1.29, 1.82) is 0 Å². The largest absolute Gasteiger partial charge is 0.379 e. The number of nitrogens with zero attached hydrogens (tertiary/aromatic N) is 6. The molecule has 4 aromatic heterocycles. The van der Waals surface area contributed by atoms with Gasteiger partial charge in [-0.15, -0.1) is 0 Å². The maximum atomic E-state index is 5.40. The number of aromatic nitrogens is 6. The average Bonchev–Trinajstić information content (AvgIpc) is 3.39. The molecular formula is C19H19N7O. The minimum atomic E-state index is 0.769. The summed E-state index contributed by atoms with van der Waals surface area (Å²) in [5, 5.41) is 4.47. The fourth-order valence-electron chi connectivity index (χ4n) is 3.33. The van der Waals surface area contributed by atoms with E-state index in [9.17, 15) is 0 Å². The summed E-state index contributed by atoms with van der Waals surface area (Å²) < 4.78 is 7.18. The van der Waals surface area contributed by atoms with Gasteiger partial charge in [0.15, 0.2) is 11.5 Å². The molecule has 1 fully saturated rings. The van der Waals surface area contributed by atoms with Gasteiger partial charge in [-0.3, -0.25) is 4.90 Å². The second kappa shape index (κ2) is 6.90. The predicted molar refractivity (Wildman–Crippen MR) is 100 cm³/mol. The van der Waals surface area contributed by atoms with Gasteiger partial charge in [-0.25, -0.2) is 19.6 Å². The van der Waals surface area contributed by atoms with Gasteiger partial charge in [-0.05, 0) is 17.7 Å². The molecule has 8 nitrogen and oxygen atoms in total. The number of imidazole rings is 1. The number of ether oxygens (including phenoxy) is 1. The fraction of sp³-hybridized carbons (Fsp3) is 0.263. The predicted octanol–water partition coefficient (Wildman–Crippen LogP) is 2.04. The van der Waals surface area contributed by atoms with E-state index in [1.54, 1.807) is 17.2 Å². The molecule has 136 valence electrons. The van der Waals surface area contributed by atoms with Crippen LogP contribution in [0.1, 0.15) is 5.56 Å². The van der Waals surface area contributed by atoms with Crippen LogP contribution >= 0.6 is 0 Å². The zero-order chi connectivity index (χ0) is 18.1. The highest BCUT2D eigenvalue weighted by Gasteiger charge is 2.12. The lowest BCUT2D eigenvalue weighted by molar-refractivity contribution is 0.0341. The molecule has 1 N–H and O–H groups in total. The lowest BCUT2D eigenvalue weighted by atomic mass is 10.1. The van der Waals surface area contributed by atoms with Gasteiger partial charge in [0.2, 0.25) is 0 Å².